The van der Waals surface area contributed by atoms with Crippen molar-refractivity contribution in [2.24, 2.45) is 0 Å². The fourth-order valence-corrected chi connectivity index (χ4v) is 3.72. The van der Waals surface area contributed by atoms with Crippen LogP contribution in [-0.2, 0) is 0 Å². The summed E-state index contributed by atoms with van der Waals surface area (Å²) < 4.78 is 0. The smallest absolute Gasteiger partial charge is 0.253 e. The third kappa shape index (κ3) is 3.14. The molecule has 1 amide bonds. The van der Waals surface area contributed by atoms with Gasteiger partial charge in [-0.05, 0) is 55.7 Å². The van der Waals surface area contributed by atoms with E-state index >= 15 is 0 Å². The van der Waals surface area contributed by atoms with Crippen molar-refractivity contribution in [3.05, 3.63) is 53.5 Å². The van der Waals surface area contributed by atoms with Crippen molar-refractivity contribution in [1.29, 1.82) is 0 Å². The van der Waals surface area contributed by atoms with E-state index in [0.717, 1.165) is 48.6 Å². The standard InChI is InChI=1S/C20H23N5O/c1-13-23-17-6-5-15(10-18(17)24-13)20(26)25-9-3-4-16(12-25)14-7-8-22-19(11-14)21-2/h5-8,10-11,16H,3-4,9,12H2,1-2H3,(H,21,22)(H,23,24). The molecule has 1 aliphatic rings. The van der Waals surface area contributed by atoms with Gasteiger partial charge in [0, 0.05) is 37.8 Å². The zero-order valence-corrected chi connectivity index (χ0v) is 15.1. The molecule has 0 bridgehead atoms. The molecule has 4 rings (SSSR count). The number of amides is 1. The number of aromatic nitrogens is 3. The van der Waals surface area contributed by atoms with Crippen LogP contribution in [-0.4, -0.2) is 45.9 Å². The van der Waals surface area contributed by atoms with Crippen molar-refractivity contribution in [2.45, 2.75) is 25.7 Å². The topological polar surface area (TPSA) is 73.9 Å². The van der Waals surface area contributed by atoms with E-state index in [0.29, 0.717) is 11.5 Å². The first-order valence-corrected chi connectivity index (χ1v) is 9.03. The molecular weight excluding hydrogens is 326 g/mol. The monoisotopic (exact) mass is 349 g/mol. The number of benzene rings is 1. The van der Waals surface area contributed by atoms with Gasteiger partial charge < -0.3 is 15.2 Å². The average Bonchev–Trinajstić information content (AvgIpc) is 3.06. The maximum absolute atomic E-state index is 13.0. The van der Waals surface area contributed by atoms with E-state index in [9.17, 15) is 4.79 Å². The number of rotatable bonds is 3. The highest BCUT2D eigenvalue weighted by atomic mass is 16.2. The van der Waals surface area contributed by atoms with Gasteiger partial charge in [0.25, 0.3) is 5.91 Å². The summed E-state index contributed by atoms with van der Waals surface area (Å²) >= 11 is 0. The van der Waals surface area contributed by atoms with Gasteiger partial charge in [0.15, 0.2) is 0 Å². The molecule has 6 nitrogen and oxygen atoms in total. The van der Waals surface area contributed by atoms with E-state index in [1.807, 2.05) is 43.3 Å². The average molecular weight is 349 g/mol. The Bertz CT molecular complexity index is 948. The number of carbonyl (C=O) groups excluding carboxylic acids is 1. The number of carbonyl (C=O) groups is 1. The summed E-state index contributed by atoms with van der Waals surface area (Å²) in [6.45, 7) is 3.47. The van der Waals surface area contributed by atoms with E-state index in [-0.39, 0.29) is 5.91 Å². The van der Waals surface area contributed by atoms with Gasteiger partial charge in [-0.15, -0.1) is 0 Å². The van der Waals surface area contributed by atoms with Gasteiger partial charge in [-0.2, -0.15) is 0 Å². The Balaban J connectivity index is 1.55. The Morgan fingerprint density at radius 2 is 2.19 bits per heavy atom. The first kappa shape index (κ1) is 16.6. The number of nitrogens with zero attached hydrogens (tertiary/aromatic N) is 3. The molecule has 134 valence electrons. The Labute approximate surface area is 152 Å². The summed E-state index contributed by atoms with van der Waals surface area (Å²) in [4.78, 5) is 26.9. The summed E-state index contributed by atoms with van der Waals surface area (Å²) in [5.41, 5.74) is 3.76. The highest BCUT2D eigenvalue weighted by molar-refractivity contribution is 5.97. The second-order valence-corrected chi connectivity index (χ2v) is 6.87. The van der Waals surface area contributed by atoms with Crippen LogP contribution in [0.5, 0.6) is 0 Å². The minimum atomic E-state index is 0.0896. The molecule has 2 N–H and O–H groups in total. The summed E-state index contributed by atoms with van der Waals surface area (Å²) in [5, 5.41) is 3.08. The first-order valence-electron chi connectivity index (χ1n) is 9.03. The minimum absolute atomic E-state index is 0.0896. The molecular formula is C20H23N5O. The highest BCUT2D eigenvalue weighted by Crippen LogP contribution is 2.29. The predicted octanol–water partition coefficient (Wildman–Crippen LogP) is 3.33. The molecule has 6 heteroatoms. The summed E-state index contributed by atoms with van der Waals surface area (Å²) in [6, 6.07) is 9.83. The molecule has 0 aliphatic carbocycles. The molecule has 1 aliphatic heterocycles. The normalized spacial score (nSPS) is 17.5. The molecule has 3 aromatic rings. The maximum atomic E-state index is 13.0. The molecule has 1 atom stereocenters. The fourth-order valence-electron chi connectivity index (χ4n) is 3.72. The summed E-state index contributed by atoms with van der Waals surface area (Å²) in [6.07, 6.45) is 3.94. The number of piperidine rings is 1. The van der Waals surface area contributed by atoms with E-state index in [1.54, 1.807) is 0 Å². The van der Waals surface area contributed by atoms with Crippen molar-refractivity contribution in [3.63, 3.8) is 0 Å². The van der Waals surface area contributed by atoms with Crippen molar-refractivity contribution < 1.29 is 4.79 Å². The van der Waals surface area contributed by atoms with Crippen LogP contribution in [0.2, 0.25) is 0 Å². The molecule has 1 fully saturated rings. The number of imidazole rings is 1. The van der Waals surface area contributed by atoms with Crippen LogP contribution in [0.4, 0.5) is 5.82 Å². The van der Waals surface area contributed by atoms with Crippen LogP contribution in [0.25, 0.3) is 11.0 Å². The molecule has 26 heavy (non-hydrogen) atoms. The lowest BCUT2D eigenvalue weighted by molar-refractivity contribution is 0.0707. The van der Waals surface area contributed by atoms with E-state index < -0.39 is 0 Å². The van der Waals surface area contributed by atoms with Crippen molar-refractivity contribution >= 4 is 22.8 Å². The number of hydrogen-bond acceptors (Lipinski definition) is 4. The zero-order chi connectivity index (χ0) is 18.1. The quantitative estimate of drug-likeness (QED) is 0.761. The Morgan fingerprint density at radius 3 is 3.04 bits per heavy atom. The van der Waals surface area contributed by atoms with Crippen LogP contribution >= 0.6 is 0 Å². The van der Waals surface area contributed by atoms with Crippen LogP contribution in [0, 0.1) is 6.92 Å². The van der Waals surface area contributed by atoms with Crippen molar-refractivity contribution in [1.82, 2.24) is 19.9 Å². The van der Waals surface area contributed by atoms with Crippen LogP contribution in [0.1, 0.15) is 40.5 Å². The highest BCUT2D eigenvalue weighted by Gasteiger charge is 2.26. The summed E-state index contributed by atoms with van der Waals surface area (Å²) in [7, 11) is 1.87. The molecule has 0 spiro atoms. The molecule has 0 saturated carbocycles. The molecule has 3 heterocycles. The number of fused-ring (bicyclic) bond motifs is 1. The van der Waals surface area contributed by atoms with Gasteiger partial charge in [-0.1, -0.05) is 0 Å². The maximum Gasteiger partial charge on any atom is 0.253 e. The Kier molecular flexibility index (Phi) is 4.32. The largest absolute Gasteiger partial charge is 0.373 e. The third-order valence-corrected chi connectivity index (χ3v) is 5.07. The number of H-pyrrole nitrogens is 1. The van der Waals surface area contributed by atoms with Gasteiger partial charge >= 0.3 is 0 Å². The van der Waals surface area contributed by atoms with Crippen LogP contribution < -0.4 is 5.32 Å². The lowest BCUT2D eigenvalue weighted by atomic mass is 9.90. The number of likely N-dealkylation sites (tertiary alicyclic amines) is 1. The van der Waals surface area contributed by atoms with Crippen LogP contribution in [0.3, 0.4) is 0 Å². The fraction of sp³-hybridized carbons (Fsp3) is 0.350. The molecule has 1 saturated heterocycles. The molecule has 1 aromatic carbocycles. The molecule has 1 unspecified atom stereocenters. The van der Waals surface area contributed by atoms with Gasteiger partial charge in [0.05, 0.1) is 11.0 Å². The molecule has 0 radical (unpaired) electrons. The lowest BCUT2D eigenvalue weighted by Crippen LogP contribution is -2.39. The van der Waals surface area contributed by atoms with Gasteiger partial charge in [0.1, 0.15) is 11.6 Å². The van der Waals surface area contributed by atoms with E-state index in [2.05, 4.69) is 32.4 Å². The molecule has 2 aromatic heterocycles. The number of nitrogens with one attached hydrogen (secondary N) is 2. The number of aryl methyl sites for hydroxylation is 1. The van der Waals surface area contributed by atoms with Crippen LogP contribution in [0.15, 0.2) is 36.5 Å². The second-order valence-electron chi connectivity index (χ2n) is 6.87. The summed E-state index contributed by atoms with van der Waals surface area (Å²) in [5.74, 6) is 2.17. The number of aromatic amines is 1. The number of pyridine rings is 1. The second kappa shape index (κ2) is 6.78. The van der Waals surface area contributed by atoms with Crippen molar-refractivity contribution in [3.8, 4) is 0 Å². The SMILES string of the molecule is CNc1cc(C2CCCN(C(=O)c3ccc4nc(C)[nH]c4c3)C2)ccn1. The predicted molar refractivity (Wildman–Crippen MR) is 102 cm³/mol. The minimum Gasteiger partial charge on any atom is -0.373 e. The number of hydrogen-bond donors (Lipinski definition) is 2. The van der Waals surface area contributed by atoms with Crippen molar-refractivity contribution in [2.75, 3.05) is 25.5 Å². The van der Waals surface area contributed by atoms with Gasteiger partial charge in [-0.25, -0.2) is 9.97 Å². The van der Waals surface area contributed by atoms with Gasteiger partial charge in [-0.3, -0.25) is 4.79 Å². The Hall–Kier alpha value is -2.89. The van der Waals surface area contributed by atoms with Gasteiger partial charge in [0.2, 0.25) is 0 Å². The Morgan fingerprint density at radius 1 is 1.31 bits per heavy atom. The number of anilines is 1. The zero-order valence-electron chi connectivity index (χ0n) is 15.1. The first-order chi connectivity index (χ1) is 12.6. The lowest BCUT2D eigenvalue weighted by Gasteiger charge is -2.33. The van der Waals surface area contributed by atoms with E-state index in [4.69, 9.17) is 0 Å². The van der Waals surface area contributed by atoms with E-state index in [1.165, 1.54) is 5.56 Å². The third-order valence-electron chi connectivity index (χ3n) is 5.07.